The van der Waals surface area contributed by atoms with Crippen molar-refractivity contribution in [2.75, 3.05) is 23.3 Å². The Hall–Kier alpha value is -5.37. The lowest BCUT2D eigenvalue weighted by Crippen LogP contribution is -2.42. The topological polar surface area (TPSA) is 86.5 Å². The van der Waals surface area contributed by atoms with Gasteiger partial charge in [-0.05, 0) is 71.8 Å². The number of ether oxygens (including phenoxy) is 1. The van der Waals surface area contributed by atoms with Gasteiger partial charge in [-0.3, -0.25) is 9.59 Å². The summed E-state index contributed by atoms with van der Waals surface area (Å²) >= 11 is 0. The molecule has 238 valence electrons. The SMILES string of the molecule is CC1(C)CC(=O)C2=C(C1)Nc1ccccc1N(CC(=O)NCCc1c[nH]c3ccccc13)C2c1ccc(F)c(Oc2ccccc2)c1. The smallest absolute Gasteiger partial charge is 0.239 e. The maximum atomic E-state index is 15.2. The number of hydrogen-bond acceptors (Lipinski definition) is 5. The Balaban J connectivity index is 1.25. The number of benzene rings is 4. The number of rotatable bonds is 8. The quantitative estimate of drug-likeness (QED) is 0.162. The predicted molar refractivity (Wildman–Crippen MR) is 183 cm³/mol. The number of para-hydroxylation sites is 4. The monoisotopic (exact) mass is 628 g/mol. The second-order valence-electron chi connectivity index (χ2n) is 13.1. The zero-order chi connectivity index (χ0) is 32.5. The molecule has 0 bridgehead atoms. The van der Waals surface area contributed by atoms with Gasteiger partial charge in [0.15, 0.2) is 17.3 Å². The van der Waals surface area contributed by atoms with Crippen molar-refractivity contribution in [2.45, 2.75) is 39.2 Å². The molecular formula is C39H37FN4O3. The third-order valence-corrected chi connectivity index (χ3v) is 8.95. The molecule has 4 aromatic carbocycles. The van der Waals surface area contributed by atoms with Crippen molar-refractivity contribution in [1.29, 1.82) is 0 Å². The number of hydrogen-bond donors (Lipinski definition) is 3. The first-order valence-corrected chi connectivity index (χ1v) is 16.0. The van der Waals surface area contributed by atoms with Gasteiger partial charge >= 0.3 is 0 Å². The number of amides is 1. The molecular weight excluding hydrogens is 591 g/mol. The number of aromatic amines is 1. The first kappa shape index (κ1) is 30.3. The Morgan fingerprint density at radius 2 is 1.74 bits per heavy atom. The molecule has 0 fully saturated rings. The van der Waals surface area contributed by atoms with Gasteiger partial charge in [0.05, 0.1) is 24.0 Å². The summed E-state index contributed by atoms with van der Waals surface area (Å²) in [6.45, 7) is 4.61. The van der Waals surface area contributed by atoms with Gasteiger partial charge in [-0.15, -0.1) is 0 Å². The van der Waals surface area contributed by atoms with Crippen LogP contribution in [-0.2, 0) is 16.0 Å². The maximum absolute atomic E-state index is 15.2. The van der Waals surface area contributed by atoms with Crippen LogP contribution in [0.1, 0.15) is 43.9 Å². The van der Waals surface area contributed by atoms with Gasteiger partial charge in [-0.2, -0.15) is 0 Å². The molecule has 1 atom stereocenters. The minimum Gasteiger partial charge on any atom is -0.454 e. The highest BCUT2D eigenvalue weighted by Crippen LogP contribution is 2.48. The number of nitrogens with zero attached hydrogens (tertiary/aromatic N) is 1. The summed E-state index contributed by atoms with van der Waals surface area (Å²) in [6.07, 6.45) is 3.66. The predicted octanol–water partition coefficient (Wildman–Crippen LogP) is 8.07. The summed E-state index contributed by atoms with van der Waals surface area (Å²) < 4.78 is 21.2. The van der Waals surface area contributed by atoms with Crippen LogP contribution in [0.25, 0.3) is 10.9 Å². The first-order chi connectivity index (χ1) is 22.8. The number of aromatic nitrogens is 1. The molecule has 2 aliphatic rings. The van der Waals surface area contributed by atoms with E-state index in [0.717, 1.165) is 33.5 Å². The van der Waals surface area contributed by atoms with Crippen molar-refractivity contribution in [3.05, 3.63) is 131 Å². The number of fused-ring (bicyclic) bond motifs is 2. The zero-order valence-electron chi connectivity index (χ0n) is 26.5. The number of halogens is 1. The fraction of sp³-hybridized carbons (Fsp3) is 0.231. The van der Waals surface area contributed by atoms with Crippen molar-refractivity contribution in [3.8, 4) is 11.5 Å². The highest BCUT2D eigenvalue weighted by molar-refractivity contribution is 6.02. The summed E-state index contributed by atoms with van der Waals surface area (Å²) in [4.78, 5) is 33.1. The van der Waals surface area contributed by atoms with E-state index in [2.05, 4.69) is 35.5 Å². The van der Waals surface area contributed by atoms with Crippen LogP contribution in [-0.4, -0.2) is 29.8 Å². The van der Waals surface area contributed by atoms with E-state index in [9.17, 15) is 9.59 Å². The summed E-state index contributed by atoms with van der Waals surface area (Å²) in [5, 5.41) is 7.81. The molecule has 0 spiro atoms. The van der Waals surface area contributed by atoms with Gasteiger partial charge in [0, 0.05) is 41.3 Å². The molecule has 1 amide bonds. The molecule has 1 aliphatic carbocycles. The Bertz CT molecular complexity index is 2000. The van der Waals surface area contributed by atoms with Crippen molar-refractivity contribution >= 4 is 34.0 Å². The number of H-pyrrole nitrogens is 1. The Labute approximate surface area is 273 Å². The van der Waals surface area contributed by atoms with E-state index in [1.165, 1.54) is 6.07 Å². The molecule has 0 saturated heterocycles. The highest BCUT2D eigenvalue weighted by atomic mass is 19.1. The summed E-state index contributed by atoms with van der Waals surface area (Å²) in [5.41, 5.74) is 5.59. The van der Waals surface area contributed by atoms with Gasteiger partial charge in [-0.1, -0.05) is 68.4 Å². The Morgan fingerprint density at radius 1 is 0.979 bits per heavy atom. The average molecular weight is 629 g/mol. The lowest BCUT2D eigenvalue weighted by atomic mass is 9.73. The number of anilines is 2. The van der Waals surface area contributed by atoms with E-state index in [1.807, 2.05) is 71.8 Å². The largest absolute Gasteiger partial charge is 0.454 e. The van der Waals surface area contributed by atoms with Crippen LogP contribution < -0.4 is 20.3 Å². The second kappa shape index (κ2) is 12.4. The Morgan fingerprint density at radius 3 is 2.60 bits per heavy atom. The van der Waals surface area contributed by atoms with Crippen molar-refractivity contribution < 1.29 is 18.7 Å². The lowest BCUT2D eigenvalue weighted by molar-refractivity contribution is -0.120. The molecule has 8 heteroatoms. The van der Waals surface area contributed by atoms with Crippen LogP contribution >= 0.6 is 0 Å². The molecule has 1 aromatic heterocycles. The fourth-order valence-electron chi connectivity index (χ4n) is 6.84. The molecule has 7 rings (SSSR count). The van der Waals surface area contributed by atoms with E-state index in [0.29, 0.717) is 42.7 Å². The molecule has 1 unspecified atom stereocenters. The van der Waals surface area contributed by atoms with E-state index in [4.69, 9.17) is 4.74 Å². The molecule has 7 nitrogen and oxygen atoms in total. The first-order valence-electron chi connectivity index (χ1n) is 16.0. The van der Waals surface area contributed by atoms with Gasteiger partial charge in [0.1, 0.15) is 5.75 Å². The van der Waals surface area contributed by atoms with Crippen LogP contribution in [0.2, 0.25) is 0 Å². The molecule has 47 heavy (non-hydrogen) atoms. The van der Waals surface area contributed by atoms with Crippen molar-refractivity contribution in [2.24, 2.45) is 5.41 Å². The number of carbonyl (C=O) groups excluding carboxylic acids is 2. The van der Waals surface area contributed by atoms with Gasteiger partial charge in [0.25, 0.3) is 0 Å². The number of Topliss-reactive ketones (excluding diaryl/α,β-unsaturated/α-hetero) is 1. The van der Waals surface area contributed by atoms with E-state index in [-0.39, 0.29) is 29.4 Å². The number of carbonyl (C=O) groups is 2. The fourth-order valence-corrected chi connectivity index (χ4v) is 6.84. The lowest BCUT2D eigenvalue weighted by Gasteiger charge is -2.38. The number of ketones is 1. The van der Waals surface area contributed by atoms with Crippen molar-refractivity contribution in [3.63, 3.8) is 0 Å². The summed E-state index contributed by atoms with van der Waals surface area (Å²) in [5.74, 6) is -0.149. The van der Waals surface area contributed by atoms with Crippen LogP contribution in [0.4, 0.5) is 15.8 Å². The molecule has 0 saturated carbocycles. The molecule has 3 N–H and O–H groups in total. The van der Waals surface area contributed by atoms with E-state index >= 15 is 4.39 Å². The molecule has 0 radical (unpaired) electrons. The van der Waals surface area contributed by atoms with Crippen LogP contribution in [0.3, 0.4) is 0 Å². The summed E-state index contributed by atoms with van der Waals surface area (Å²) in [6, 6.07) is 29.0. The second-order valence-corrected chi connectivity index (χ2v) is 13.1. The van der Waals surface area contributed by atoms with Crippen molar-refractivity contribution in [1.82, 2.24) is 10.3 Å². The van der Waals surface area contributed by atoms with Gasteiger partial charge in [0.2, 0.25) is 5.91 Å². The van der Waals surface area contributed by atoms with E-state index < -0.39 is 11.9 Å². The maximum Gasteiger partial charge on any atom is 0.239 e. The molecule has 1 aliphatic heterocycles. The zero-order valence-corrected chi connectivity index (χ0v) is 26.5. The highest BCUT2D eigenvalue weighted by Gasteiger charge is 2.42. The third-order valence-electron chi connectivity index (χ3n) is 8.95. The van der Waals surface area contributed by atoms with Gasteiger partial charge in [-0.25, -0.2) is 4.39 Å². The third kappa shape index (κ3) is 6.23. The normalized spacial score (nSPS) is 17.0. The molecule has 5 aromatic rings. The van der Waals surface area contributed by atoms with Crippen LogP contribution in [0.5, 0.6) is 11.5 Å². The Kier molecular flexibility index (Phi) is 8.02. The average Bonchev–Trinajstić information content (AvgIpc) is 3.40. The van der Waals surface area contributed by atoms with E-state index in [1.54, 1.807) is 24.3 Å². The molecule has 2 heterocycles. The van der Waals surface area contributed by atoms with Crippen LogP contribution in [0, 0.1) is 11.2 Å². The number of nitrogens with one attached hydrogen (secondary N) is 3. The minimum atomic E-state index is -0.664. The number of allylic oxidation sites excluding steroid dienone is 1. The minimum absolute atomic E-state index is 0.00107. The van der Waals surface area contributed by atoms with Gasteiger partial charge < -0.3 is 25.3 Å². The summed E-state index contributed by atoms with van der Waals surface area (Å²) in [7, 11) is 0. The van der Waals surface area contributed by atoms with Crippen LogP contribution in [0.15, 0.2) is 115 Å². The standard InChI is InChI=1S/C39H37FN4O3/c1-39(2)21-32-37(34(45)22-39)38(25-16-17-29(40)35(20-25)47-27-10-4-3-5-11-27)44(33-15-9-8-14-31(33)43-32)24-36(46)41-19-18-26-23-42-30-13-7-6-12-28(26)30/h3-17,20,23,38,42-43H,18-19,21-22,24H2,1-2H3,(H,41,46).